The van der Waals surface area contributed by atoms with E-state index in [0.717, 1.165) is 22.2 Å². The number of aliphatic imine (C=N–C) groups is 1. The van der Waals surface area contributed by atoms with E-state index in [9.17, 15) is 15.2 Å². The highest BCUT2D eigenvalue weighted by molar-refractivity contribution is 8.14. The van der Waals surface area contributed by atoms with Gasteiger partial charge in [-0.1, -0.05) is 11.8 Å². The highest BCUT2D eigenvalue weighted by Crippen LogP contribution is 2.30. The van der Waals surface area contributed by atoms with E-state index in [4.69, 9.17) is 0 Å². The Hall–Kier alpha value is -1.60. The van der Waals surface area contributed by atoms with Gasteiger partial charge in [0.2, 0.25) is 0 Å². The molecule has 0 bridgehead atoms. The molecule has 6 nitrogen and oxygen atoms in total. The molecule has 0 amide bonds. The summed E-state index contributed by atoms with van der Waals surface area (Å²) in [6.45, 7) is 3.57. The second-order valence-corrected chi connectivity index (χ2v) is 5.84. The maximum absolute atomic E-state index is 10.7. The Balaban J connectivity index is 2.26. The SMILES string of the molecule is Cc1cc([N+](=O)[O-])ccc1N=C1SC[C@H]([C@@H](C)O)N1C. The van der Waals surface area contributed by atoms with Gasteiger partial charge in [0, 0.05) is 24.9 Å². The normalized spacial score (nSPS) is 22.3. The number of nitro groups is 1. The van der Waals surface area contributed by atoms with Crippen molar-refractivity contribution in [2.75, 3.05) is 12.8 Å². The van der Waals surface area contributed by atoms with Crippen LogP contribution >= 0.6 is 11.8 Å². The zero-order chi connectivity index (χ0) is 14.9. The molecule has 0 aromatic heterocycles. The van der Waals surface area contributed by atoms with Gasteiger partial charge in [0.1, 0.15) is 0 Å². The van der Waals surface area contributed by atoms with Crippen LogP contribution in [0.5, 0.6) is 0 Å². The van der Waals surface area contributed by atoms with Gasteiger partial charge in [0.25, 0.3) is 5.69 Å². The summed E-state index contributed by atoms with van der Waals surface area (Å²) >= 11 is 1.58. The summed E-state index contributed by atoms with van der Waals surface area (Å²) in [5.74, 6) is 0.791. The molecule has 0 unspecified atom stereocenters. The number of likely N-dealkylation sites (N-methyl/N-ethyl adjacent to an activating group) is 1. The third-order valence-corrected chi connectivity index (χ3v) is 4.49. The van der Waals surface area contributed by atoms with Gasteiger partial charge in [-0.15, -0.1) is 0 Å². The third-order valence-electron chi connectivity index (χ3n) is 3.35. The first-order chi connectivity index (χ1) is 9.40. The van der Waals surface area contributed by atoms with Gasteiger partial charge in [-0.05, 0) is 25.5 Å². The number of thioether (sulfide) groups is 1. The molecule has 1 fully saturated rings. The molecule has 1 N–H and O–H groups in total. The molecule has 1 aliphatic rings. The van der Waals surface area contributed by atoms with Crippen LogP contribution in [0.3, 0.4) is 0 Å². The van der Waals surface area contributed by atoms with E-state index in [1.165, 1.54) is 12.1 Å². The van der Waals surface area contributed by atoms with E-state index in [1.54, 1.807) is 31.7 Å². The fourth-order valence-electron chi connectivity index (χ4n) is 2.07. The first-order valence-corrected chi connectivity index (χ1v) is 7.26. The van der Waals surface area contributed by atoms with Crippen molar-refractivity contribution in [3.63, 3.8) is 0 Å². The number of benzene rings is 1. The average molecular weight is 295 g/mol. The Labute approximate surface area is 121 Å². The van der Waals surface area contributed by atoms with Crippen LogP contribution in [-0.4, -0.2) is 45.0 Å². The van der Waals surface area contributed by atoms with E-state index in [1.807, 2.05) is 11.9 Å². The monoisotopic (exact) mass is 295 g/mol. The first kappa shape index (κ1) is 14.8. The van der Waals surface area contributed by atoms with Gasteiger partial charge in [-0.25, -0.2) is 4.99 Å². The highest BCUT2D eigenvalue weighted by atomic mass is 32.2. The number of nitro benzene ring substituents is 1. The molecule has 1 aromatic carbocycles. The van der Waals surface area contributed by atoms with Gasteiger partial charge >= 0.3 is 0 Å². The largest absolute Gasteiger partial charge is 0.391 e. The summed E-state index contributed by atoms with van der Waals surface area (Å²) in [6, 6.07) is 4.69. The molecule has 1 aliphatic heterocycles. The summed E-state index contributed by atoms with van der Waals surface area (Å²) in [6.07, 6.45) is -0.418. The smallest absolute Gasteiger partial charge is 0.269 e. The number of hydrogen-bond acceptors (Lipinski definition) is 5. The second kappa shape index (κ2) is 5.80. The lowest BCUT2D eigenvalue weighted by Crippen LogP contribution is -2.38. The summed E-state index contributed by atoms with van der Waals surface area (Å²) in [5.41, 5.74) is 1.55. The van der Waals surface area contributed by atoms with Crippen molar-refractivity contribution in [1.82, 2.24) is 4.90 Å². The minimum atomic E-state index is -0.418. The van der Waals surface area contributed by atoms with Gasteiger partial charge < -0.3 is 10.0 Å². The number of non-ortho nitro benzene ring substituents is 1. The molecule has 0 saturated carbocycles. The summed E-state index contributed by atoms with van der Waals surface area (Å²) in [4.78, 5) is 16.8. The predicted octanol–water partition coefficient (Wildman–Crippen LogP) is 2.32. The van der Waals surface area contributed by atoms with Crippen LogP contribution in [0.4, 0.5) is 11.4 Å². The van der Waals surface area contributed by atoms with E-state index < -0.39 is 11.0 Å². The Kier molecular flexibility index (Phi) is 4.29. The number of nitrogens with zero attached hydrogens (tertiary/aromatic N) is 3. The molecule has 1 saturated heterocycles. The van der Waals surface area contributed by atoms with Crippen molar-refractivity contribution in [1.29, 1.82) is 0 Å². The van der Waals surface area contributed by atoms with Crippen LogP contribution in [0.25, 0.3) is 0 Å². The Morgan fingerprint density at radius 3 is 2.80 bits per heavy atom. The molecule has 7 heteroatoms. The third kappa shape index (κ3) is 2.94. The van der Waals surface area contributed by atoms with E-state index in [0.29, 0.717) is 0 Å². The van der Waals surface area contributed by atoms with Gasteiger partial charge in [-0.2, -0.15) is 0 Å². The van der Waals surface area contributed by atoms with Crippen LogP contribution < -0.4 is 0 Å². The molecule has 20 heavy (non-hydrogen) atoms. The number of rotatable bonds is 3. The predicted molar refractivity (Wildman–Crippen MR) is 80.6 cm³/mol. The van der Waals surface area contributed by atoms with Crippen LogP contribution in [0.2, 0.25) is 0 Å². The molecular weight excluding hydrogens is 278 g/mol. The number of aliphatic hydroxyl groups is 1. The van der Waals surface area contributed by atoms with Crippen molar-refractivity contribution in [3.8, 4) is 0 Å². The van der Waals surface area contributed by atoms with Gasteiger partial charge in [0.05, 0.1) is 22.8 Å². The van der Waals surface area contributed by atoms with Crippen LogP contribution in [0, 0.1) is 17.0 Å². The zero-order valence-electron chi connectivity index (χ0n) is 11.6. The topological polar surface area (TPSA) is 79.0 Å². The van der Waals surface area contributed by atoms with Crippen molar-refractivity contribution in [3.05, 3.63) is 33.9 Å². The molecule has 2 atom stereocenters. The quantitative estimate of drug-likeness (QED) is 0.684. The molecule has 108 valence electrons. The number of amidine groups is 1. The number of aryl methyl sites for hydroxylation is 1. The second-order valence-electron chi connectivity index (χ2n) is 4.85. The van der Waals surface area contributed by atoms with Crippen molar-refractivity contribution < 1.29 is 10.0 Å². The maximum atomic E-state index is 10.7. The van der Waals surface area contributed by atoms with E-state index >= 15 is 0 Å². The van der Waals surface area contributed by atoms with Gasteiger partial charge in [-0.3, -0.25) is 10.1 Å². The molecule has 2 rings (SSSR count). The lowest BCUT2D eigenvalue weighted by atomic mass is 10.2. The summed E-state index contributed by atoms with van der Waals surface area (Å²) in [5, 5.41) is 21.2. The summed E-state index contributed by atoms with van der Waals surface area (Å²) < 4.78 is 0. The number of aliphatic hydroxyl groups excluding tert-OH is 1. The zero-order valence-corrected chi connectivity index (χ0v) is 12.4. The van der Waals surface area contributed by atoms with Crippen LogP contribution in [0.1, 0.15) is 12.5 Å². The molecule has 1 heterocycles. The molecule has 0 spiro atoms. The fraction of sp³-hybridized carbons (Fsp3) is 0.462. The van der Waals surface area contributed by atoms with Crippen LogP contribution in [-0.2, 0) is 0 Å². The molecule has 1 aromatic rings. The van der Waals surface area contributed by atoms with Crippen molar-refractivity contribution >= 4 is 28.3 Å². The highest BCUT2D eigenvalue weighted by Gasteiger charge is 2.30. The Morgan fingerprint density at radius 1 is 1.60 bits per heavy atom. The van der Waals surface area contributed by atoms with E-state index in [-0.39, 0.29) is 11.7 Å². The fourth-order valence-corrected chi connectivity index (χ4v) is 3.39. The Morgan fingerprint density at radius 2 is 2.30 bits per heavy atom. The number of hydrogen-bond donors (Lipinski definition) is 1. The molecule has 0 radical (unpaired) electrons. The van der Waals surface area contributed by atoms with Crippen molar-refractivity contribution in [2.24, 2.45) is 4.99 Å². The minimum absolute atomic E-state index is 0.0529. The summed E-state index contributed by atoms with van der Waals surface area (Å²) in [7, 11) is 1.90. The average Bonchev–Trinajstić information content (AvgIpc) is 2.73. The van der Waals surface area contributed by atoms with Gasteiger partial charge in [0.15, 0.2) is 5.17 Å². The molecular formula is C13H17N3O3S. The maximum Gasteiger partial charge on any atom is 0.269 e. The molecule has 0 aliphatic carbocycles. The van der Waals surface area contributed by atoms with E-state index in [2.05, 4.69) is 4.99 Å². The first-order valence-electron chi connectivity index (χ1n) is 6.27. The lowest BCUT2D eigenvalue weighted by molar-refractivity contribution is -0.384. The van der Waals surface area contributed by atoms with Crippen molar-refractivity contribution in [2.45, 2.75) is 26.0 Å². The lowest BCUT2D eigenvalue weighted by Gasteiger charge is -2.23. The minimum Gasteiger partial charge on any atom is -0.391 e. The van der Waals surface area contributed by atoms with Crippen LogP contribution in [0.15, 0.2) is 23.2 Å². The Bertz CT molecular complexity index is 560. The standard InChI is InChI=1S/C13H17N3O3S/c1-8-6-10(16(18)19)4-5-11(8)14-13-15(3)12(7-20-13)9(2)17/h4-6,9,12,17H,7H2,1-3H3/t9-,12-/m1/s1.